The van der Waals surface area contributed by atoms with Gasteiger partial charge in [0.05, 0.1) is 6.20 Å². The van der Waals surface area contributed by atoms with Gasteiger partial charge in [0.2, 0.25) is 0 Å². The summed E-state index contributed by atoms with van der Waals surface area (Å²) in [4.78, 5) is 0. The molecule has 0 aliphatic rings. The molecule has 0 aromatic carbocycles. The summed E-state index contributed by atoms with van der Waals surface area (Å²) >= 11 is 0. The number of nitrogens with one attached hydrogen (secondary N) is 1. The van der Waals surface area contributed by atoms with Gasteiger partial charge >= 0.3 is 0 Å². The molecule has 2 unspecified atom stereocenters. The highest BCUT2D eigenvalue weighted by molar-refractivity contribution is 7.89. The van der Waals surface area contributed by atoms with E-state index in [4.69, 9.17) is 5.73 Å². The summed E-state index contributed by atoms with van der Waals surface area (Å²) in [6.45, 7) is 4.14. The Morgan fingerprint density at radius 1 is 1.56 bits per heavy atom. The zero-order valence-electron chi connectivity index (χ0n) is 9.71. The Balaban J connectivity index is 2.85. The van der Waals surface area contributed by atoms with Crippen LogP contribution in [0, 0.1) is 5.92 Å². The molecule has 0 amide bonds. The SMILES string of the molecule is CC(CN)C(C)NS(=O)(=O)c1ccnn1C. The standard InChI is InChI=1S/C9H18N4O2S/c1-7(6-10)8(2)12-16(14,15)9-4-5-11-13(9)3/h4-5,7-8,12H,6,10H2,1-3H3. The smallest absolute Gasteiger partial charge is 0.257 e. The Hall–Kier alpha value is -0.920. The van der Waals surface area contributed by atoms with Crippen molar-refractivity contribution in [2.45, 2.75) is 24.9 Å². The first-order valence-corrected chi connectivity index (χ1v) is 6.57. The van der Waals surface area contributed by atoms with Gasteiger partial charge in [0.1, 0.15) is 0 Å². The highest BCUT2D eigenvalue weighted by atomic mass is 32.2. The number of hydrogen-bond acceptors (Lipinski definition) is 4. The van der Waals surface area contributed by atoms with E-state index in [0.29, 0.717) is 6.54 Å². The van der Waals surface area contributed by atoms with Crippen molar-refractivity contribution in [3.8, 4) is 0 Å². The Morgan fingerprint density at radius 3 is 2.62 bits per heavy atom. The third-order valence-electron chi connectivity index (χ3n) is 2.62. The molecule has 6 nitrogen and oxygen atoms in total. The summed E-state index contributed by atoms with van der Waals surface area (Å²) in [5.74, 6) is 0.0861. The molecule has 3 N–H and O–H groups in total. The summed E-state index contributed by atoms with van der Waals surface area (Å²) < 4.78 is 27.8. The average Bonchev–Trinajstić information content (AvgIpc) is 2.63. The lowest BCUT2D eigenvalue weighted by Gasteiger charge is -2.19. The van der Waals surface area contributed by atoms with Gasteiger partial charge in [-0.2, -0.15) is 5.10 Å². The normalized spacial score (nSPS) is 16.0. The second-order valence-corrected chi connectivity index (χ2v) is 5.58. The summed E-state index contributed by atoms with van der Waals surface area (Å²) in [7, 11) is -1.92. The van der Waals surface area contributed by atoms with Crippen molar-refractivity contribution in [2.75, 3.05) is 6.54 Å². The van der Waals surface area contributed by atoms with Crippen LogP contribution in [0.4, 0.5) is 0 Å². The van der Waals surface area contributed by atoms with E-state index in [1.807, 2.05) is 6.92 Å². The van der Waals surface area contributed by atoms with Crippen LogP contribution in [-0.4, -0.2) is 30.8 Å². The van der Waals surface area contributed by atoms with Crippen molar-refractivity contribution in [3.63, 3.8) is 0 Å². The first kappa shape index (κ1) is 13.1. The number of aromatic nitrogens is 2. The van der Waals surface area contributed by atoms with Gasteiger partial charge in [-0.15, -0.1) is 0 Å². The zero-order valence-corrected chi connectivity index (χ0v) is 10.5. The van der Waals surface area contributed by atoms with Crippen LogP contribution in [0.1, 0.15) is 13.8 Å². The Kier molecular flexibility index (Phi) is 4.06. The third kappa shape index (κ3) is 2.81. The minimum Gasteiger partial charge on any atom is -0.330 e. The van der Waals surface area contributed by atoms with E-state index in [1.54, 1.807) is 14.0 Å². The molecule has 1 aromatic heterocycles. The number of aryl methyl sites for hydroxylation is 1. The number of hydrogen-bond donors (Lipinski definition) is 2. The Bertz CT molecular complexity index is 440. The van der Waals surface area contributed by atoms with Gasteiger partial charge in [0.15, 0.2) is 5.03 Å². The molecule has 0 aliphatic carbocycles. The fourth-order valence-electron chi connectivity index (χ4n) is 1.25. The minimum atomic E-state index is -3.51. The van der Waals surface area contributed by atoms with Crippen LogP contribution in [0.3, 0.4) is 0 Å². The van der Waals surface area contributed by atoms with Crippen LogP contribution >= 0.6 is 0 Å². The maximum Gasteiger partial charge on any atom is 0.257 e. The topological polar surface area (TPSA) is 90.0 Å². The summed E-state index contributed by atoms with van der Waals surface area (Å²) in [5, 5.41) is 3.98. The predicted molar refractivity (Wildman–Crippen MR) is 61.2 cm³/mol. The highest BCUT2D eigenvalue weighted by Crippen LogP contribution is 2.09. The maximum absolute atomic E-state index is 11.9. The fourth-order valence-corrected chi connectivity index (χ4v) is 2.73. The Labute approximate surface area is 95.9 Å². The van der Waals surface area contributed by atoms with Crippen LogP contribution < -0.4 is 10.5 Å². The van der Waals surface area contributed by atoms with Gasteiger partial charge in [-0.05, 0) is 25.5 Å². The molecule has 0 aliphatic heterocycles. The van der Waals surface area contributed by atoms with Crippen molar-refractivity contribution in [2.24, 2.45) is 18.7 Å². The van der Waals surface area contributed by atoms with Crippen LogP contribution in [0.25, 0.3) is 0 Å². The first-order valence-electron chi connectivity index (χ1n) is 5.09. The van der Waals surface area contributed by atoms with Gasteiger partial charge in [0.25, 0.3) is 10.0 Å². The fraction of sp³-hybridized carbons (Fsp3) is 0.667. The van der Waals surface area contributed by atoms with E-state index < -0.39 is 10.0 Å². The molecule has 7 heteroatoms. The molecule has 1 aromatic rings. The van der Waals surface area contributed by atoms with E-state index in [-0.39, 0.29) is 17.0 Å². The number of rotatable bonds is 5. The van der Waals surface area contributed by atoms with Crippen LogP contribution in [0.15, 0.2) is 17.3 Å². The molecule has 0 saturated heterocycles. The van der Waals surface area contributed by atoms with Crippen LogP contribution in [-0.2, 0) is 17.1 Å². The molecule has 0 fully saturated rings. The van der Waals surface area contributed by atoms with Crippen molar-refractivity contribution >= 4 is 10.0 Å². The summed E-state index contributed by atoms with van der Waals surface area (Å²) in [6.07, 6.45) is 1.45. The monoisotopic (exact) mass is 246 g/mol. The summed E-state index contributed by atoms with van der Waals surface area (Å²) in [5.41, 5.74) is 5.49. The molecule has 0 radical (unpaired) electrons. The van der Waals surface area contributed by atoms with Crippen molar-refractivity contribution in [1.29, 1.82) is 0 Å². The van der Waals surface area contributed by atoms with Gasteiger partial charge in [-0.3, -0.25) is 4.68 Å². The van der Waals surface area contributed by atoms with E-state index in [0.717, 1.165) is 0 Å². The van der Waals surface area contributed by atoms with Crippen molar-refractivity contribution in [3.05, 3.63) is 12.3 Å². The van der Waals surface area contributed by atoms with Crippen molar-refractivity contribution in [1.82, 2.24) is 14.5 Å². The lowest BCUT2D eigenvalue weighted by atomic mass is 10.1. The van der Waals surface area contributed by atoms with E-state index in [2.05, 4.69) is 9.82 Å². The van der Waals surface area contributed by atoms with E-state index >= 15 is 0 Å². The molecular weight excluding hydrogens is 228 g/mol. The van der Waals surface area contributed by atoms with Crippen molar-refractivity contribution < 1.29 is 8.42 Å². The maximum atomic E-state index is 11.9. The van der Waals surface area contributed by atoms with Gasteiger partial charge in [-0.1, -0.05) is 6.92 Å². The first-order chi connectivity index (χ1) is 7.38. The second-order valence-electron chi connectivity index (χ2n) is 3.92. The lowest BCUT2D eigenvalue weighted by Crippen LogP contribution is -2.40. The molecular formula is C9H18N4O2S. The van der Waals surface area contributed by atoms with Crippen LogP contribution in [0.5, 0.6) is 0 Å². The predicted octanol–water partition coefficient (Wildman–Crippen LogP) is -0.318. The largest absolute Gasteiger partial charge is 0.330 e. The molecule has 0 bridgehead atoms. The average molecular weight is 246 g/mol. The molecule has 0 spiro atoms. The molecule has 16 heavy (non-hydrogen) atoms. The number of nitrogens with zero attached hydrogens (tertiary/aromatic N) is 2. The number of sulfonamides is 1. The van der Waals surface area contributed by atoms with Gasteiger partial charge < -0.3 is 5.73 Å². The minimum absolute atomic E-state index is 0.0861. The summed E-state index contributed by atoms with van der Waals surface area (Å²) in [6, 6.07) is 1.26. The van der Waals surface area contributed by atoms with Gasteiger partial charge in [0, 0.05) is 13.1 Å². The molecule has 2 atom stereocenters. The molecule has 1 heterocycles. The molecule has 1 rings (SSSR count). The highest BCUT2D eigenvalue weighted by Gasteiger charge is 2.22. The molecule has 92 valence electrons. The second kappa shape index (κ2) is 4.94. The quantitative estimate of drug-likeness (QED) is 0.745. The van der Waals surface area contributed by atoms with E-state index in [1.165, 1.54) is 16.9 Å². The number of nitrogens with two attached hydrogens (primary N) is 1. The third-order valence-corrected chi connectivity index (χ3v) is 4.25. The van der Waals surface area contributed by atoms with Crippen LogP contribution in [0.2, 0.25) is 0 Å². The zero-order chi connectivity index (χ0) is 12.3. The lowest BCUT2D eigenvalue weighted by molar-refractivity contribution is 0.450. The van der Waals surface area contributed by atoms with Gasteiger partial charge in [-0.25, -0.2) is 13.1 Å². The van der Waals surface area contributed by atoms with E-state index in [9.17, 15) is 8.42 Å². The Morgan fingerprint density at radius 2 is 2.19 bits per heavy atom. The molecule has 0 saturated carbocycles.